The molecule has 0 bridgehead atoms. The van der Waals surface area contributed by atoms with Crippen molar-refractivity contribution in [2.75, 3.05) is 18.5 Å². The van der Waals surface area contributed by atoms with Crippen molar-refractivity contribution in [2.24, 2.45) is 17.4 Å². The molecule has 1 aliphatic rings. The average Bonchev–Trinajstić information content (AvgIpc) is 2.46. The van der Waals surface area contributed by atoms with Crippen molar-refractivity contribution in [3.8, 4) is 0 Å². The van der Waals surface area contributed by atoms with E-state index in [1.165, 1.54) is 19.0 Å². The lowest BCUT2D eigenvalue weighted by molar-refractivity contribution is 0.0995. The molecule has 19 heavy (non-hydrogen) atoms. The number of aromatic nitrogens is 2. The van der Waals surface area contributed by atoms with E-state index in [0.717, 1.165) is 12.8 Å². The Bertz CT molecular complexity index is 450. The highest BCUT2D eigenvalue weighted by molar-refractivity contribution is 5.95. The SMILES string of the molecule is CN(c1nccnc1C(N)=O)C1CCCCC1CN. The van der Waals surface area contributed by atoms with E-state index >= 15 is 0 Å². The molecule has 0 spiro atoms. The van der Waals surface area contributed by atoms with Gasteiger partial charge >= 0.3 is 0 Å². The number of carbonyl (C=O) groups is 1. The maximum absolute atomic E-state index is 11.4. The summed E-state index contributed by atoms with van der Waals surface area (Å²) < 4.78 is 0. The maximum Gasteiger partial charge on any atom is 0.271 e. The van der Waals surface area contributed by atoms with Crippen LogP contribution in [0.3, 0.4) is 0 Å². The number of primary amides is 1. The van der Waals surface area contributed by atoms with Crippen LogP contribution in [0.2, 0.25) is 0 Å². The van der Waals surface area contributed by atoms with Gasteiger partial charge in [-0.2, -0.15) is 0 Å². The number of nitrogens with zero attached hydrogens (tertiary/aromatic N) is 3. The molecule has 6 nitrogen and oxygen atoms in total. The molecule has 1 aromatic rings. The molecular formula is C13H21N5O. The lowest BCUT2D eigenvalue weighted by Crippen LogP contribution is -2.44. The number of carbonyl (C=O) groups excluding carboxylic acids is 1. The van der Waals surface area contributed by atoms with Crippen LogP contribution in [0, 0.1) is 5.92 Å². The zero-order valence-corrected chi connectivity index (χ0v) is 11.2. The summed E-state index contributed by atoms with van der Waals surface area (Å²) in [6.07, 6.45) is 7.65. The first-order valence-corrected chi connectivity index (χ1v) is 6.69. The van der Waals surface area contributed by atoms with E-state index in [1.807, 2.05) is 11.9 Å². The number of anilines is 1. The molecule has 4 N–H and O–H groups in total. The molecule has 0 saturated heterocycles. The van der Waals surface area contributed by atoms with Crippen LogP contribution in [-0.2, 0) is 0 Å². The fourth-order valence-corrected chi connectivity index (χ4v) is 2.89. The predicted octanol–water partition coefficient (Wildman–Crippen LogP) is 0.529. The van der Waals surface area contributed by atoms with E-state index in [2.05, 4.69) is 9.97 Å². The van der Waals surface area contributed by atoms with Crippen LogP contribution in [-0.4, -0.2) is 35.5 Å². The Morgan fingerprint density at radius 1 is 1.37 bits per heavy atom. The van der Waals surface area contributed by atoms with Crippen molar-refractivity contribution >= 4 is 11.7 Å². The van der Waals surface area contributed by atoms with E-state index in [-0.39, 0.29) is 5.69 Å². The Morgan fingerprint density at radius 3 is 2.74 bits per heavy atom. The molecule has 0 radical (unpaired) electrons. The van der Waals surface area contributed by atoms with Crippen molar-refractivity contribution in [2.45, 2.75) is 31.7 Å². The van der Waals surface area contributed by atoms with Gasteiger partial charge in [0.1, 0.15) is 0 Å². The van der Waals surface area contributed by atoms with E-state index < -0.39 is 5.91 Å². The third-order valence-corrected chi connectivity index (χ3v) is 3.92. The third kappa shape index (κ3) is 2.84. The number of amides is 1. The molecular weight excluding hydrogens is 242 g/mol. The van der Waals surface area contributed by atoms with Crippen LogP contribution < -0.4 is 16.4 Å². The molecule has 0 aliphatic heterocycles. The Balaban J connectivity index is 2.27. The van der Waals surface area contributed by atoms with Gasteiger partial charge in [-0.05, 0) is 25.3 Å². The van der Waals surface area contributed by atoms with Crippen LogP contribution in [0.4, 0.5) is 5.82 Å². The Morgan fingerprint density at radius 2 is 2.05 bits per heavy atom. The Labute approximate surface area is 113 Å². The summed E-state index contributed by atoms with van der Waals surface area (Å²) >= 11 is 0. The van der Waals surface area contributed by atoms with Crippen LogP contribution in [0.5, 0.6) is 0 Å². The number of hydrogen-bond acceptors (Lipinski definition) is 5. The van der Waals surface area contributed by atoms with Gasteiger partial charge in [-0.3, -0.25) is 4.79 Å². The van der Waals surface area contributed by atoms with Crippen LogP contribution in [0.15, 0.2) is 12.4 Å². The summed E-state index contributed by atoms with van der Waals surface area (Å²) in [7, 11) is 1.94. The van der Waals surface area contributed by atoms with Gasteiger partial charge in [0.25, 0.3) is 5.91 Å². The van der Waals surface area contributed by atoms with Gasteiger partial charge in [0.2, 0.25) is 0 Å². The Hall–Kier alpha value is -1.69. The number of nitrogens with two attached hydrogens (primary N) is 2. The van der Waals surface area contributed by atoms with E-state index in [1.54, 1.807) is 6.20 Å². The molecule has 1 fully saturated rings. The summed E-state index contributed by atoms with van der Waals surface area (Å²) in [6, 6.07) is 0.300. The van der Waals surface area contributed by atoms with E-state index in [4.69, 9.17) is 11.5 Å². The van der Waals surface area contributed by atoms with E-state index in [0.29, 0.717) is 24.3 Å². The molecule has 2 rings (SSSR count). The van der Waals surface area contributed by atoms with Gasteiger partial charge in [0.05, 0.1) is 0 Å². The predicted molar refractivity (Wildman–Crippen MR) is 73.8 cm³/mol. The first-order valence-electron chi connectivity index (χ1n) is 6.69. The summed E-state index contributed by atoms with van der Waals surface area (Å²) in [5.74, 6) is 0.442. The molecule has 1 amide bonds. The van der Waals surface area contributed by atoms with Gasteiger partial charge in [-0.15, -0.1) is 0 Å². The van der Waals surface area contributed by atoms with Crippen molar-refractivity contribution in [1.29, 1.82) is 0 Å². The summed E-state index contributed by atoms with van der Waals surface area (Å²) in [5.41, 5.74) is 11.4. The lowest BCUT2D eigenvalue weighted by Gasteiger charge is -2.38. The molecule has 0 aromatic carbocycles. The normalized spacial score (nSPS) is 23.1. The maximum atomic E-state index is 11.4. The fraction of sp³-hybridized carbons (Fsp3) is 0.615. The number of rotatable bonds is 4. The standard InChI is InChI=1S/C13H21N5O/c1-18(10-5-3-2-4-9(10)8-14)13-11(12(15)19)16-6-7-17-13/h6-7,9-10H,2-5,8,14H2,1H3,(H2,15,19). The first kappa shape index (κ1) is 13.7. The molecule has 1 aromatic heterocycles. The summed E-state index contributed by atoms with van der Waals surface area (Å²) in [6.45, 7) is 0.654. The molecule has 1 aliphatic carbocycles. The summed E-state index contributed by atoms with van der Waals surface area (Å²) in [5, 5.41) is 0. The number of hydrogen-bond donors (Lipinski definition) is 2. The average molecular weight is 263 g/mol. The molecule has 1 heterocycles. The van der Waals surface area contributed by atoms with Crippen molar-refractivity contribution in [3.05, 3.63) is 18.1 Å². The zero-order chi connectivity index (χ0) is 13.8. The lowest BCUT2D eigenvalue weighted by atomic mass is 9.83. The minimum absolute atomic E-state index is 0.228. The fourth-order valence-electron chi connectivity index (χ4n) is 2.89. The van der Waals surface area contributed by atoms with E-state index in [9.17, 15) is 4.79 Å². The van der Waals surface area contributed by atoms with Crippen LogP contribution in [0.25, 0.3) is 0 Å². The third-order valence-electron chi connectivity index (χ3n) is 3.92. The van der Waals surface area contributed by atoms with Gasteiger partial charge in [0, 0.05) is 25.5 Å². The van der Waals surface area contributed by atoms with Crippen LogP contribution >= 0.6 is 0 Å². The minimum Gasteiger partial charge on any atom is -0.364 e. The van der Waals surface area contributed by atoms with Gasteiger partial charge in [0.15, 0.2) is 11.5 Å². The van der Waals surface area contributed by atoms with Crippen LogP contribution in [0.1, 0.15) is 36.2 Å². The minimum atomic E-state index is -0.546. The molecule has 1 saturated carbocycles. The van der Waals surface area contributed by atoms with Gasteiger partial charge in [-0.1, -0.05) is 12.8 Å². The highest BCUT2D eigenvalue weighted by atomic mass is 16.1. The second kappa shape index (κ2) is 5.97. The second-order valence-electron chi connectivity index (χ2n) is 5.05. The van der Waals surface area contributed by atoms with Gasteiger partial charge < -0.3 is 16.4 Å². The smallest absolute Gasteiger partial charge is 0.271 e. The summed E-state index contributed by atoms with van der Waals surface area (Å²) in [4.78, 5) is 21.7. The molecule has 6 heteroatoms. The largest absolute Gasteiger partial charge is 0.364 e. The highest BCUT2D eigenvalue weighted by Crippen LogP contribution is 2.30. The Kier molecular flexibility index (Phi) is 4.31. The van der Waals surface area contributed by atoms with Crippen molar-refractivity contribution in [3.63, 3.8) is 0 Å². The topological polar surface area (TPSA) is 98.1 Å². The molecule has 104 valence electrons. The highest BCUT2D eigenvalue weighted by Gasteiger charge is 2.29. The second-order valence-corrected chi connectivity index (χ2v) is 5.05. The monoisotopic (exact) mass is 263 g/mol. The van der Waals surface area contributed by atoms with Crippen molar-refractivity contribution < 1.29 is 4.79 Å². The molecule has 2 atom stereocenters. The first-order chi connectivity index (χ1) is 9.15. The quantitative estimate of drug-likeness (QED) is 0.825. The van der Waals surface area contributed by atoms with Gasteiger partial charge in [-0.25, -0.2) is 9.97 Å². The van der Waals surface area contributed by atoms with Crippen molar-refractivity contribution in [1.82, 2.24) is 9.97 Å². The zero-order valence-electron chi connectivity index (χ0n) is 11.2. The molecule has 2 unspecified atom stereocenters.